The van der Waals surface area contributed by atoms with Crippen LogP contribution in [0.3, 0.4) is 0 Å². The van der Waals surface area contributed by atoms with Crippen LogP contribution in [-0.4, -0.2) is 32.3 Å². The van der Waals surface area contributed by atoms with E-state index in [1.54, 1.807) is 19.1 Å². The highest BCUT2D eigenvalue weighted by Gasteiger charge is 2.66. The summed E-state index contributed by atoms with van der Waals surface area (Å²) in [5.74, 6) is 0.819. The third-order valence-electron chi connectivity index (χ3n) is 5.94. The van der Waals surface area contributed by atoms with Gasteiger partial charge in [-0.2, -0.15) is 4.74 Å². The van der Waals surface area contributed by atoms with E-state index in [4.69, 9.17) is 0 Å². The fourth-order valence-corrected chi connectivity index (χ4v) is 4.04. The third-order valence-corrected chi connectivity index (χ3v) is 5.94. The minimum absolute atomic E-state index is 0.120. The van der Waals surface area contributed by atoms with Gasteiger partial charge in [0.1, 0.15) is 11.3 Å². The van der Waals surface area contributed by atoms with E-state index in [0.29, 0.717) is 30.4 Å². The van der Waals surface area contributed by atoms with E-state index >= 15 is 0 Å². The summed E-state index contributed by atoms with van der Waals surface area (Å²) in [4.78, 5) is 10.6. The predicted molar refractivity (Wildman–Crippen MR) is 89.5 cm³/mol. The summed E-state index contributed by atoms with van der Waals surface area (Å²) < 4.78 is 0.717. The van der Waals surface area contributed by atoms with Crippen LogP contribution in [0.2, 0.25) is 0 Å². The molecular weight excluding hydrogens is 310 g/mol. The largest absolute Gasteiger partial charge is 0.623 e. The van der Waals surface area contributed by atoms with Crippen LogP contribution < -0.4 is 0 Å². The van der Waals surface area contributed by atoms with Crippen molar-refractivity contribution in [3.05, 3.63) is 45.2 Å². The molecule has 128 valence electrons. The summed E-state index contributed by atoms with van der Waals surface area (Å²) in [7, 11) is 0. The molecule has 1 aromatic carbocycles. The van der Waals surface area contributed by atoms with Crippen LogP contribution >= 0.6 is 0 Å². The molecule has 1 aromatic rings. The number of nitro groups is 1. The number of fused-ring (bicyclic) bond motifs is 1. The van der Waals surface area contributed by atoms with Crippen LogP contribution in [0.4, 0.5) is 5.69 Å². The number of nitrogens with zero attached hydrogens (tertiary/aromatic N) is 3. The molecule has 2 aliphatic carbocycles. The maximum atomic E-state index is 12.9. The normalized spacial score (nSPS) is 33.1. The second-order valence-corrected chi connectivity index (χ2v) is 7.53. The number of nitro benzene ring substituents is 1. The quantitative estimate of drug-likeness (QED) is 0.229. The molecule has 0 aromatic heterocycles. The van der Waals surface area contributed by atoms with Crippen molar-refractivity contribution < 1.29 is 14.9 Å². The molecule has 0 saturated heterocycles. The molecule has 0 bridgehead atoms. The van der Waals surface area contributed by atoms with Gasteiger partial charge in [0.05, 0.1) is 4.92 Å². The molecule has 0 heterocycles. The van der Waals surface area contributed by atoms with Gasteiger partial charge in [-0.05, 0) is 29.7 Å². The molecular formula is C17H21N3O4. The number of para-hydroxylation sites is 1. The van der Waals surface area contributed by atoms with Crippen molar-refractivity contribution in [3.8, 4) is 0 Å². The maximum Gasteiger partial charge on any atom is 0.282 e. The van der Waals surface area contributed by atoms with Crippen molar-refractivity contribution in [3.63, 3.8) is 0 Å². The lowest BCUT2D eigenvalue weighted by atomic mass is 9.81. The highest BCUT2D eigenvalue weighted by molar-refractivity contribution is 5.94. The van der Waals surface area contributed by atoms with Crippen LogP contribution in [0, 0.1) is 32.6 Å². The standard InChI is InChI=1S/C17H21N3O4/c1-16(2)12-8-15(18-21)17(3,9-13(12)16)19(22)10-11-6-4-5-7-14(11)20(23)24/h4-7,10,12-13,21H,8-9H2,1-3H3/b18-15-,19-10-. The maximum absolute atomic E-state index is 12.9. The van der Waals surface area contributed by atoms with Crippen LogP contribution in [-0.2, 0) is 0 Å². The summed E-state index contributed by atoms with van der Waals surface area (Å²) in [5.41, 5.74) is -0.294. The lowest BCUT2D eigenvalue weighted by molar-refractivity contribution is -0.521. The minimum atomic E-state index is -0.993. The van der Waals surface area contributed by atoms with Gasteiger partial charge in [-0.1, -0.05) is 31.1 Å². The van der Waals surface area contributed by atoms with Crippen LogP contribution in [0.25, 0.3) is 0 Å². The molecule has 24 heavy (non-hydrogen) atoms. The Bertz CT molecular complexity index is 756. The van der Waals surface area contributed by atoms with Crippen molar-refractivity contribution in [2.75, 3.05) is 0 Å². The number of oxime groups is 1. The van der Waals surface area contributed by atoms with E-state index in [1.807, 2.05) is 0 Å². The smallest absolute Gasteiger partial charge is 0.282 e. The first-order valence-electron chi connectivity index (χ1n) is 7.98. The van der Waals surface area contributed by atoms with E-state index in [2.05, 4.69) is 19.0 Å². The van der Waals surface area contributed by atoms with Gasteiger partial charge in [0, 0.05) is 19.4 Å². The molecule has 7 nitrogen and oxygen atoms in total. The first kappa shape index (κ1) is 16.4. The van der Waals surface area contributed by atoms with E-state index in [-0.39, 0.29) is 16.7 Å². The Morgan fingerprint density at radius 2 is 1.92 bits per heavy atom. The fourth-order valence-electron chi connectivity index (χ4n) is 4.04. The van der Waals surface area contributed by atoms with Crippen LogP contribution in [0.5, 0.6) is 0 Å². The zero-order valence-electron chi connectivity index (χ0n) is 14.0. The van der Waals surface area contributed by atoms with Gasteiger partial charge >= 0.3 is 0 Å². The lowest BCUT2D eigenvalue weighted by Gasteiger charge is -2.31. The van der Waals surface area contributed by atoms with E-state index in [1.165, 1.54) is 18.3 Å². The van der Waals surface area contributed by atoms with Gasteiger partial charge in [-0.15, -0.1) is 0 Å². The number of hydrogen-bond donors (Lipinski definition) is 1. The molecule has 2 fully saturated rings. The first-order valence-corrected chi connectivity index (χ1v) is 7.98. The average Bonchev–Trinajstić information content (AvgIpc) is 3.06. The van der Waals surface area contributed by atoms with Crippen molar-refractivity contribution in [2.24, 2.45) is 22.4 Å². The van der Waals surface area contributed by atoms with E-state index in [9.17, 15) is 20.5 Å². The first-order chi connectivity index (χ1) is 11.2. The molecule has 1 N–H and O–H groups in total. The molecule has 2 saturated carbocycles. The number of rotatable bonds is 3. The molecule has 0 spiro atoms. The summed E-state index contributed by atoms with van der Waals surface area (Å²) in [6.45, 7) is 6.05. The Labute approximate surface area is 140 Å². The Kier molecular flexibility index (Phi) is 3.62. The van der Waals surface area contributed by atoms with Crippen molar-refractivity contribution in [2.45, 2.75) is 39.2 Å². The van der Waals surface area contributed by atoms with Crippen molar-refractivity contribution in [1.82, 2.24) is 0 Å². The Morgan fingerprint density at radius 3 is 2.54 bits per heavy atom. The molecule has 0 radical (unpaired) electrons. The van der Waals surface area contributed by atoms with E-state index < -0.39 is 10.5 Å². The molecule has 0 amide bonds. The zero-order chi connectivity index (χ0) is 17.7. The van der Waals surface area contributed by atoms with Gasteiger partial charge in [0.15, 0.2) is 6.21 Å². The van der Waals surface area contributed by atoms with Crippen LogP contribution in [0.15, 0.2) is 29.4 Å². The van der Waals surface area contributed by atoms with Crippen LogP contribution in [0.1, 0.15) is 39.2 Å². The number of hydrogen-bond acceptors (Lipinski definition) is 5. The Hall–Kier alpha value is -2.44. The van der Waals surface area contributed by atoms with E-state index in [0.717, 1.165) is 4.74 Å². The second-order valence-electron chi connectivity index (χ2n) is 7.53. The van der Waals surface area contributed by atoms with Gasteiger partial charge in [0.25, 0.3) is 5.69 Å². The highest BCUT2D eigenvalue weighted by atomic mass is 16.6. The summed E-state index contributed by atoms with van der Waals surface area (Å²) in [5, 5.41) is 36.8. The minimum Gasteiger partial charge on any atom is -0.623 e. The number of hydroxylamine groups is 1. The SMILES string of the molecule is CC1(C)C2C/C(=N/O)C(C)(/[N+]([O-])=C/c3ccccc3[N+](=O)[O-])CC21. The molecule has 3 unspecified atom stereocenters. The topological polar surface area (TPSA) is 102 Å². The van der Waals surface area contributed by atoms with Gasteiger partial charge in [-0.3, -0.25) is 10.1 Å². The van der Waals surface area contributed by atoms with Gasteiger partial charge in [0.2, 0.25) is 5.54 Å². The lowest BCUT2D eigenvalue weighted by Crippen LogP contribution is -2.48. The van der Waals surface area contributed by atoms with Gasteiger partial charge < -0.3 is 10.4 Å². The third kappa shape index (κ3) is 2.35. The van der Waals surface area contributed by atoms with Crippen molar-refractivity contribution >= 4 is 17.6 Å². The zero-order valence-corrected chi connectivity index (χ0v) is 14.0. The fraction of sp³-hybridized carbons (Fsp3) is 0.529. The highest BCUT2D eigenvalue weighted by Crippen LogP contribution is 2.66. The molecule has 3 rings (SSSR count). The average molecular weight is 331 g/mol. The number of benzene rings is 1. The molecule has 0 aliphatic heterocycles. The van der Waals surface area contributed by atoms with Gasteiger partial charge in [-0.25, -0.2) is 0 Å². The predicted octanol–water partition coefficient (Wildman–Crippen LogP) is 3.18. The Morgan fingerprint density at radius 1 is 1.25 bits per heavy atom. The molecule has 3 atom stereocenters. The summed E-state index contributed by atoms with van der Waals surface area (Å²) in [6.07, 6.45) is 2.39. The second kappa shape index (κ2) is 5.29. The summed E-state index contributed by atoms with van der Waals surface area (Å²) in [6, 6.07) is 6.11. The molecule has 2 aliphatic rings. The monoisotopic (exact) mass is 331 g/mol. The molecule has 7 heteroatoms. The van der Waals surface area contributed by atoms with Crippen molar-refractivity contribution in [1.29, 1.82) is 0 Å². The Balaban J connectivity index is 1.99. The summed E-state index contributed by atoms with van der Waals surface area (Å²) >= 11 is 0.